The number of amides is 2. The van der Waals surface area contributed by atoms with Gasteiger partial charge in [0.2, 0.25) is 11.7 Å². The normalized spacial score (nSPS) is 12.0. The monoisotopic (exact) mass is 446 g/mol. The molecule has 0 saturated carbocycles. The van der Waals surface area contributed by atoms with E-state index in [1.807, 2.05) is 13.8 Å². The minimum Gasteiger partial charge on any atom is -0.493 e. The van der Waals surface area contributed by atoms with Gasteiger partial charge in [0.15, 0.2) is 16.6 Å². The molecule has 0 saturated heterocycles. The number of aryl methyl sites for hydroxylation is 1. The number of aromatic nitrogens is 2. The summed E-state index contributed by atoms with van der Waals surface area (Å²) < 4.78 is 18.1. The summed E-state index contributed by atoms with van der Waals surface area (Å²) in [4.78, 5) is 29.9. The minimum atomic E-state index is -0.736. The molecule has 0 aliphatic rings. The Bertz CT molecular complexity index is 1090. The molecule has 3 aromatic rings. The summed E-state index contributed by atoms with van der Waals surface area (Å²) in [5.41, 5.74) is 1.05. The Hall–Kier alpha value is -3.27. The molecular weight excluding hydrogens is 420 g/mol. The van der Waals surface area contributed by atoms with Gasteiger partial charge in [-0.2, -0.15) is 0 Å². The summed E-state index contributed by atoms with van der Waals surface area (Å²) in [6.07, 6.45) is 1.61. The fourth-order valence-corrected chi connectivity index (χ4v) is 3.95. The Morgan fingerprint density at radius 2 is 1.81 bits per heavy atom. The summed E-state index contributed by atoms with van der Waals surface area (Å²) in [6, 6.07) is 2.77. The Balaban J connectivity index is 1.95. The number of benzene rings is 1. The number of carbonyl (C=O) groups is 2. The number of hydrogen-bond acceptors (Lipinski definition) is 7. The van der Waals surface area contributed by atoms with E-state index in [4.69, 9.17) is 14.2 Å². The summed E-state index contributed by atoms with van der Waals surface area (Å²) in [6.45, 7) is 3.74. The average molecular weight is 447 g/mol. The lowest BCUT2D eigenvalue weighted by atomic mass is 10.0. The number of hydrogen-bond donors (Lipinski definition) is 2. The van der Waals surface area contributed by atoms with Crippen LogP contribution in [0.25, 0.3) is 10.9 Å². The summed E-state index contributed by atoms with van der Waals surface area (Å²) in [5, 5.41) is 8.59. The highest BCUT2D eigenvalue weighted by atomic mass is 32.1. The Kier molecular flexibility index (Phi) is 6.69. The van der Waals surface area contributed by atoms with Gasteiger partial charge in [0.25, 0.3) is 5.91 Å². The van der Waals surface area contributed by atoms with Crippen LogP contribution in [0.4, 0.5) is 5.13 Å². The molecule has 2 amide bonds. The van der Waals surface area contributed by atoms with Crippen LogP contribution >= 0.6 is 11.3 Å². The number of methoxy groups -OCH3 is 3. The van der Waals surface area contributed by atoms with Crippen molar-refractivity contribution < 1.29 is 23.8 Å². The van der Waals surface area contributed by atoms with Crippen molar-refractivity contribution in [1.29, 1.82) is 0 Å². The minimum absolute atomic E-state index is 0.131. The third-order valence-electron chi connectivity index (χ3n) is 4.95. The van der Waals surface area contributed by atoms with Gasteiger partial charge < -0.3 is 29.4 Å². The number of ether oxygens (including phenoxy) is 3. The first-order valence-corrected chi connectivity index (χ1v) is 10.5. The highest BCUT2D eigenvalue weighted by Crippen LogP contribution is 2.44. The SMILES string of the molecule is COc1cc2cc(C(=O)NC(C(=O)Nc3nccs3)C(C)C)n(C)c2c(OC)c1OC. The molecule has 166 valence electrons. The molecule has 0 fully saturated rings. The van der Waals surface area contributed by atoms with Gasteiger partial charge in [0, 0.05) is 24.0 Å². The zero-order valence-electron chi connectivity index (χ0n) is 18.3. The van der Waals surface area contributed by atoms with Crippen molar-refractivity contribution in [2.24, 2.45) is 13.0 Å². The molecule has 31 heavy (non-hydrogen) atoms. The first-order valence-electron chi connectivity index (χ1n) is 9.61. The molecule has 1 atom stereocenters. The molecule has 3 rings (SSSR count). The van der Waals surface area contributed by atoms with Gasteiger partial charge in [0.05, 0.1) is 26.8 Å². The molecule has 0 spiro atoms. The molecule has 0 aliphatic heterocycles. The molecule has 10 heteroatoms. The second kappa shape index (κ2) is 9.25. The van der Waals surface area contributed by atoms with Gasteiger partial charge in [-0.15, -0.1) is 11.3 Å². The summed E-state index contributed by atoms with van der Waals surface area (Å²) in [5.74, 6) is 0.555. The van der Waals surface area contributed by atoms with Crippen molar-refractivity contribution in [3.63, 3.8) is 0 Å². The summed E-state index contributed by atoms with van der Waals surface area (Å²) in [7, 11) is 6.35. The average Bonchev–Trinajstić information content (AvgIpc) is 3.37. The second-order valence-corrected chi connectivity index (χ2v) is 8.09. The van der Waals surface area contributed by atoms with Crippen LogP contribution in [0.5, 0.6) is 17.2 Å². The van der Waals surface area contributed by atoms with Gasteiger partial charge in [0.1, 0.15) is 11.7 Å². The molecule has 2 aromatic heterocycles. The van der Waals surface area contributed by atoms with E-state index in [-0.39, 0.29) is 17.7 Å². The van der Waals surface area contributed by atoms with Crippen LogP contribution < -0.4 is 24.8 Å². The Morgan fingerprint density at radius 3 is 2.35 bits per heavy atom. The largest absolute Gasteiger partial charge is 0.493 e. The number of anilines is 1. The number of nitrogens with one attached hydrogen (secondary N) is 2. The maximum atomic E-state index is 13.1. The molecule has 0 radical (unpaired) electrons. The third kappa shape index (κ3) is 4.29. The fourth-order valence-electron chi connectivity index (χ4n) is 3.42. The van der Waals surface area contributed by atoms with Gasteiger partial charge in [-0.25, -0.2) is 4.98 Å². The van der Waals surface area contributed by atoms with Crippen LogP contribution in [0.1, 0.15) is 24.3 Å². The first-order chi connectivity index (χ1) is 14.8. The molecular formula is C21H26N4O5S. The second-order valence-electron chi connectivity index (χ2n) is 7.19. The standard InChI is InChI=1S/C21H26N4O5S/c1-11(2)15(20(27)24-21-22-7-8-31-21)23-19(26)13-9-12-10-14(28-4)17(29-5)18(30-6)16(12)25(13)3/h7-11,15H,1-6H3,(H,23,26)(H,22,24,27). The number of thiazole rings is 1. The zero-order valence-corrected chi connectivity index (χ0v) is 19.1. The van der Waals surface area contributed by atoms with Crippen LogP contribution in [0.2, 0.25) is 0 Å². The maximum absolute atomic E-state index is 13.1. The summed E-state index contributed by atoms with van der Waals surface area (Å²) >= 11 is 1.31. The van der Waals surface area contributed by atoms with Gasteiger partial charge in [-0.05, 0) is 18.1 Å². The van der Waals surface area contributed by atoms with E-state index in [0.717, 1.165) is 5.39 Å². The van der Waals surface area contributed by atoms with E-state index in [1.54, 1.807) is 35.3 Å². The van der Waals surface area contributed by atoms with E-state index >= 15 is 0 Å². The van der Waals surface area contributed by atoms with E-state index in [9.17, 15) is 9.59 Å². The number of carbonyl (C=O) groups excluding carboxylic acids is 2. The van der Waals surface area contributed by atoms with E-state index in [2.05, 4.69) is 15.6 Å². The van der Waals surface area contributed by atoms with E-state index in [1.165, 1.54) is 32.7 Å². The first kappa shape index (κ1) is 22.4. The molecule has 0 bridgehead atoms. The lowest BCUT2D eigenvalue weighted by Gasteiger charge is -2.21. The Labute approximate surface area is 184 Å². The molecule has 2 heterocycles. The molecule has 1 aromatic carbocycles. The van der Waals surface area contributed by atoms with Crippen molar-refractivity contribution in [2.45, 2.75) is 19.9 Å². The van der Waals surface area contributed by atoms with Gasteiger partial charge in [-0.1, -0.05) is 13.8 Å². The maximum Gasteiger partial charge on any atom is 0.268 e. The topological polar surface area (TPSA) is 104 Å². The van der Waals surface area contributed by atoms with Crippen LogP contribution in [-0.4, -0.2) is 48.7 Å². The van der Waals surface area contributed by atoms with E-state index < -0.39 is 6.04 Å². The number of fused-ring (bicyclic) bond motifs is 1. The van der Waals surface area contributed by atoms with Crippen LogP contribution in [0, 0.1) is 5.92 Å². The predicted octanol–water partition coefficient (Wildman–Crippen LogP) is 3.05. The van der Waals surface area contributed by atoms with Crippen molar-refractivity contribution in [3.8, 4) is 17.2 Å². The van der Waals surface area contributed by atoms with Crippen molar-refractivity contribution in [3.05, 3.63) is 29.4 Å². The van der Waals surface area contributed by atoms with Gasteiger partial charge >= 0.3 is 0 Å². The van der Waals surface area contributed by atoms with Gasteiger partial charge in [-0.3, -0.25) is 9.59 Å². The van der Waals surface area contributed by atoms with Crippen molar-refractivity contribution in [2.75, 3.05) is 26.6 Å². The molecule has 0 aliphatic carbocycles. The van der Waals surface area contributed by atoms with E-state index in [0.29, 0.717) is 33.6 Å². The lowest BCUT2D eigenvalue weighted by Crippen LogP contribution is -2.47. The fraction of sp³-hybridized carbons (Fsp3) is 0.381. The quantitative estimate of drug-likeness (QED) is 0.551. The molecule has 9 nitrogen and oxygen atoms in total. The number of rotatable bonds is 8. The van der Waals surface area contributed by atoms with Crippen LogP contribution in [-0.2, 0) is 11.8 Å². The van der Waals surface area contributed by atoms with Crippen LogP contribution in [0.3, 0.4) is 0 Å². The highest BCUT2D eigenvalue weighted by molar-refractivity contribution is 7.13. The lowest BCUT2D eigenvalue weighted by molar-refractivity contribution is -0.118. The zero-order chi connectivity index (χ0) is 22.7. The third-order valence-corrected chi connectivity index (χ3v) is 5.64. The highest BCUT2D eigenvalue weighted by Gasteiger charge is 2.28. The molecule has 1 unspecified atom stereocenters. The number of nitrogens with zero attached hydrogens (tertiary/aromatic N) is 2. The smallest absolute Gasteiger partial charge is 0.268 e. The Morgan fingerprint density at radius 1 is 1.10 bits per heavy atom. The predicted molar refractivity (Wildman–Crippen MR) is 119 cm³/mol. The van der Waals surface area contributed by atoms with Crippen LogP contribution in [0.15, 0.2) is 23.7 Å². The van der Waals surface area contributed by atoms with Crippen molar-refractivity contribution >= 4 is 39.2 Å². The van der Waals surface area contributed by atoms with Crippen molar-refractivity contribution in [1.82, 2.24) is 14.9 Å². The molecule has 2 N–H and O–H groups in total.